The van der Waals surface area contributed by atoms with E-state index in [4.69, 9.17) is 0 Å². The summed E-state index contributed by atoms with van der Waals surface area (Å²) in [4.78, 5) is 22.9. The van der Waals surface area contributed by atoms with Crippen LogP contribution in [0.2, 0.25) is 0 Å². The summed E-state index contributed by atoms with van der Waals surface area (Å²) in [6, 6.07) is 4.70. The first-order valence-corrected chi connectivity index (χ1v) is 7.71. The predicted molar refractivity (Wildman–Crippen MR) is 92.3 cm³/mol. The van der Waals surface area contributed by atoms with E-state index in [2.05, 4.69) is 17.6 Å². The van der Waals surface area contributed by atoms with E-state index >= 15 is 0 Å². The predicted octanol–water partition coefficient (Wildman–Crippen LogP) is 2.70. The van der Waals surface area contributed by atoms with Crippen LogP contribution in [0.25, 0.3) is 0 Å². The number of hydrogen-bond acceptors (Lipinski definition) is 4. The molecule has 23 heavy (non-hydrogen) atoms. The van der Waals surface area contributed by atoms with Crippen molar-refractivity contribution in [3.63, 3.8) is 0 Å². The van der Waals surface area contributed by atoms with E-state index < -0.39 is 4.92 Å². The van der Waals surface area contributed by atoms with Crippen molar-refractivity contribution in [3.8, 4) is 0 Å². The largest absolute Gasteiger partial charge is 0.351 e. The SMILES string of the molecule is CCc1ccc(C(=O)NCC2(C)CCNCC2)cc1[N+](=O)[O-].Cl. The van der Waals surface area contributed by atoms with Gasteiger partial charge in [0.05, 0.1) is 4.92 Å². The van der Waals surface area contributed by atoms with E-state index in [1.807, 2.05) is 6.92 Å². The highest BCUT2D eigenvalue weighted by atomic mass is 35.5. The van der Waals surface area contributed by atoms with E-state index in [9.17, 15) is 14.9 Å². The summed E-state index contributed by atoms with van der Waals surface area (Å²) in [6.45, 7) is 6.54. The molecule has 2 rings (SSSR count). The number of nitrogens with zero attached hydrogens (tertiary/aromatic N) is 1. The van der Waals surface area contributed by atoms with Crippen molar-refractivity contribution in [2.75, 3.05) is 19.6 Å². The fraction of sp³-hybridized carbons (Fsp3) is 0.562. The summed E-state index contributed by atoms with van der Waals surface area (Å²) in [7, 11) is 0. The molecule has 6 nitrogen and oxygen atoms in total. The van der Waals surface area contributed by atoms with Gasteiger partial charge in [-0.2, -0.15) is 0 Å². The maximum absolute atomic E-state index is 12.3. The molecule has 0 aromatic heterocycles. The number of benzene rings is 1. The molecule has 0 radical (unpaired) electrons. The van der Waals surface area contributed by atoms with Crippen LogP contribution in [-0.2, 0) is 6.42 Å². The van der Waals surface area contributed by atoms with Crippen LogP contribution in [0.5, 0.6) is 0 Å². The highest BCUT2D eigenvalue weighted by molar-refractivity contribution is 5.95. The van der Waals surface area contributed by atoms with Gasteiger partial charge in [0.15, 0.2) is 0 Å². The van der Waals surface area contributed by atoms with E-state index in [0.717, 1.165) is 25.9 Å². The third-order valence-electron chi connectivity index (χ3n) is 4.41. The van der Waals surface area contributed by atoms with Gasteiger partial charge in [-0.1, -0.05) is 19.9 Å². The van der Waals surface area contributed by atoms with Gasteiger partial charge < -0.3 is 10.6 Å². The Balaban J connectivity index is 0.00000264. The van der Waals surface area contributed by atoms with E-state index in [1.165, 1.54) is 6.07 Å². The molecule has 1 aliphatic rings. The number of rotatable bonds is 5. The molecule has 1 fully saturated rings. The molecule has 0 unspecified atom stereocenters. The molecule has 1 aromatic rings. The van der Waals surface area contributed by atoms with Gasteiger partial charge in [-0.05, 0) is 43.8 Å². The van der Waals surface area contributed by atoms with Crippen molar-refractivity contribution in [1.29, 1.82) is 0 Å². The second-order valence-electron chi connectivity index (χ2n) is 6.20. The number of nitrogens with one attached hydrogen (secondary N) is 2. The molecule has 0 saturated carbocycles. The van der Waals surface area contributed by atoms with Crippen molar-refractivity contribution < 1.29 is 9.72 Å². The second-order valence-corrected chi connectivity index (χ2v) is 6.20. The lowest BCUT2D eigenvalue weighted by molar-refractivity contribution is -0.385. The van der Waals surface area contributed by atoms with Crippen molar-refractivity contribution in [2.24, 2.45) is 5.41 Å². The molecule has 0 spiro atoms. The quantitative estimate of drug-likeness (QED) is 0.637. The van der Waals surface area contributed by atoms with Crippen molar-refractivity contribution >= 4 is 24.0 Å². The first-order valence-electron chi connectivity index (χ1n) is 7.71. The monoisotopic (exact) mass is 341 g/mol. The van der Waals surface area contributed by atoms with Gasteiger partial charge in [-0.15, -0.1) is 12.4 Å². The van der Waals surface area contributed by atoms with Gasteiger partial charge in [-0.25, -0.2) is 0 Å². The number of carbonyl (C=O) groups is 1. The molecule has 128 valence electrons. The van der Waals surface area contributed by atoms with Gasteiger partial charge in [0.2, 0.25) is 0 Å². The number of carbonyl (C=O) groups excluding carboxylic acids is 1. The van der Waals surface area contributed by atoms with Crippen molar-refractivity contribution in [3.05, 3.63) is 39.4 Å². The van der Waals surface area contributed by atoms with Gasteiger partial charge >= 0.3 is 0 Å². The lowest BCUT2D eigenvalue weighted by Crippen LogP contribution is -2.42. The Morgan fingerprint density at radius 2 is 2.04 bits per heavy atom. The van der Waals surface area contributed by atoms with Crippen LogP contribution in [-0.4, -0.2) is 30.5 Å². The van der Waals surface area contributed by atoms with Gasteiger partial charge in [-0.3, -0.25) is 14.9 Å². The Bertz CT molecular complexity index is 572. The summed E-state index contributed by atoms with van der Waals surface area (Å²) < 4.78 is 0. The number of halogens is 1. The number of aryl methyl sites for hydroxylation is 1. The maximum atomic E-state index is 12.3. The number of nitro groups is 1. The fourth-order valence-electron chi connectivity index (χ4n) is 2.78. The lowest BCUT2D eigenvalue weighted by Gasteiger charge is -2.34. The molecule has 1 amide bonds. The third-order valence-corrected chi connectivity index (χ3v) is 4.41. The molecule has 1 saturated heterocycles. The summed E-state index contributed by atoms with van der Waals surface area (Å²) in [5.74, 6) is -0.245. The lowest BCUT2D eigenvalue weighted by atomic mass is 9.81. The van der Waals surface area contributed by atoms with Crippen LogP contribution < -0.4 is 10.6 Å². The first kappa shape index (κ1) is 19.4. The molecule has 1 aromatic carbocycles. The summed E-state index contributed by atoms with van der Waals surface area (Å²) in [5.41, 5.74) is 1.10. The van der Waals surface area contributed by atoms with Crippen LogP contribution in [0.3, 0.4) is 0 Å². The highest BCUT2D eigenvalue weighted by Gasteiger charge is 2.27. The Morgan fingerprint density at radius 1 is 1.39 bits per heavy atom. The van der Waals surface area contributed by atoms with E-state index in [1.54, 1.807) is 12.1 Å². The average molecular weight is 342 g/mol. The van der Waals surface area contributed by atoms with E-state index in [0.29, 0.717) is 24.1 Å². The van der Waals surface area contributed by atoms with Crippen molar-refractivity contribution in [1.82, 2.24) is 10.6 Å². The molecule has 0 bridgehead atoms. The molecular weight excluding hydrogens is 318 g/mol. The zero-order valence-electron chi connectivity index (χ0n) is 13.6. The highest BCUT2D eigenvalue weighted by Crippen LogP contribution is 2.27. The molecule has 0 aliphatic carbocycles. The third kappa shape index (κ3) is 4.91. The molecular formula is C16H24ClN3O3. The Morgan fingerprint density at radius 3 is 2.61 bits per heavy atom. The summed E-state index contributed by atoms with van der Waals surface area (Å²) in [5, 5.41) is 17.3. The number of piperidine rings is 1. The number of amides is 1. The number of hydrogen-bond donors (Lipinski definition) is 2. The zero-order valence-corrected chi connectivity index (χ0v) is 14.4. The Hall–Kier alpha value is -1.66. The first-order chi connectivity index (χ1) is 10.4. The van der Waals surface area contributed by atoms with Gasteiger partial charge in [0.25, 0.3) is 11.6 Å². The molecule has 2 N–H and O–H groups in total. The van der Waals surface area contributed by atoms with Crippen LogP contribution in [0, 0.1) is 15.5 Å². The standard InChI is InChI=1S/C16H23N3O3.ClH/c1-3-12-4-5-13(10-14(12)19(21)22)15(20)18-11-16(2)6-8-17-9-7-16;/h4-5,10,17H,3,6-9,11H2,1-2H3,(H,18,20);1H. The normalized spacial score (nSPS) is 16.3. The van der Waals surface area contributed by atoms with Crippen LogP contribution >= 0.6 is 12.4 Å². The molecule has 0 atom stereocenters. The minimum atomic E-state index is -0.427. The van der Waals surface area contributed by atoms with Gasteiger partial charge in [0, 0.05) is 23.7 Å². The van der Waals surface area contributed by atoms with Crippen LogP contribution in [0.1, 0.15) is 42.6 Å². The van der Waals surface area contributed by atoms with Gasteiger partial charge in [0.1, 0.15) is 0 Å². The molecule has 1 heterocycles. The van der Waals surface area contributed by atoms with Crippen LogP contribution in [0.4, 0.5) is 5.69 Å². The topological polar surface area (TPSA) is 84.3 Å². The smallest absolute Gasteiger partial charge is 0.273 e. The maximum Gasteiger partial charge on any atom is 0.273 e. The Labute approximate surface area is 142 Å². The summed E-state index contributed by atoms with van der Waals surface area (Å²) >= 11 is 0. The van der Waals surface area contributed by atoms with Crippen LogP contribution in [0.15, 0.2) is 18.2 Å². The second kappa shape index (κ2) is 8.26. The Kier molecular flexibility index (Phi) is 6.97. The minimum absolute atomic E-state index is 0. The summed E-state index contributed by atoms with van der Waals surface area (Å²) in [6.07, 6.45) is 2.60. The zero-order chi connectivity index (χ0) is 16.2. The molecule has 7 heteroatoms. The number of nitro benzene ring substituents is 1. The minimum Gasteiger partial charge on any atom is -0.351 e. The average Bonchev–Trinajstić information content (AvgIpc) is 2.52. The van der Waals surface area contributed by atoms with Crippen molar-refractivity contribution in [2.45, 2.75) is 33.1 Å². The molecule has 1 aliphatic heterocycles. The van der Waals surface area contributed by atoms with E-state index in [-0.39, 0.29) is 29.4 Å². The fourth-order valence-corrected chi connectivity index (χ4v) is 2.78.